The molecule has 0 aliphatic carbocycles. The molecule has 144 valence electrons. The van der Waals surface area contributed by atoms with Gasteiger partial charge in [0.05, 0.1) is 0 Å². The average Bonchev–Trinajstić information content (AvgIpc) is 2.71. The van der Waals surface area contributed by atoms with Gasteiger partial charge in [0.15, 0.2) is 5.78 Å². The fourth-order valence-corrected chi connectivity index (χ4v) is 3.20. The number of likely N-dealkylation sites (N-methyl/N-ethyl adjacent to an activating group) is 1. The van der Waals surface area contributed by atoms with Gasteiger partial charge < -0.3 is 14.9 Å². The van der Waals surface area contributed by atoms with Crippen molar-refractivity contribution in [2.24, 2.45) is 0 Å². The normalized spacial score (nSPS) is 15.4. The minimum absolute atomic E-state index is 0.0407. The molecule has 5 nitrogen and oxygen atoms in total. The number of nitrogens with zero attached hydrogens (tertiary/aromatic N) is 2. The number of para-hydroxylation sites is 1. The van der Waals surface area contributed by atoms with Crippen molar-refractivity contribution in [1.82, 2.24) is 4.90 Å². The molecule has 0 bridgehead atoms. The summed E-state index contributed by atoms with van der Waals surface area (Å²) in [4.78, 5) is 28.0. The molecule has 2 aromatic rings. The lowest BCUT2D eigenvalue weighted by molar-refractivity contribution is -0.131. The van der Waals surface area contributed by atoms with Crippen LogP contribution in [0.25, 0.3) is 12.2 Å². The van der Waals surface area contributed by atoms with E-state index < -0.39 is 5.97 Å². The summed E-state index contributed by atoms with van der Waals surface area (Å²) in [6.07, 6.45) is 5.97. The number of hydrogen-bond acceptors (Lipinski definition) is 4. The van der Waals surface area contributed by atoms with Crippen molar-refractivity contribution in [2.45, 2.75) is 0 Å². The van der Waals surface area contributed by atoms with E-state index in [9.17, 15) is 9.59 Å². The zero-order chi connectivity index (χ0) is 19.9. The fourth-order valence-electron chi connectivity index (χ4n) is 3.20. The predicted molar refractivity (Wildman–Crippen MR) is 113 cm³/mol. The minimum Gasteiger partial charge on any atom is -0.478 e. The van der Waals surface area contributed by atoms with E-state index >= 15 is 0 Å². The van der Waals surface area contributed by atoms with Gasteiger partial charge in [0.2, 0.25) is 0 Å². The Labute approximate surface area is 165 Å². The van der Waals surface area contributed by atoms with Crippen LogP contribution >= 0.6 is 0 Å². The highest BCUT2D eigenvalue weighted by atomic mass is 16.4. The molecule has 3 rings (SSSR count). The van der Waals surface area contributed by atoms with Crippen molar-refractivity contribution in [3.63, 3.8) is 0 Å². The lowest BCUT2D eigenvalue weighted by Crippen LogP contribution is -2.44. The Bertz CT molecular complexity index is 910. The first kappa shape index (κ1) is 19.6. The van der Waals surface area contributed by atoms with E-state index in [2.05, 4.69) is 16.8 Å². The van der Waals surface area contributed by atoms with E-state index in [1.165, 1.54) is 6.08 Å². The van der Waals surface area contributed by atoms with Crippen LogP contribution in [0.2, 0.25) is 0 Å². The van der Waals surface area contributed by atoms with Crippen LogP contribution in [0, 0.1) is 0 Å². The second-order valence-corrected chi connectivity index (χ2v) is 6.85. The van der Waals surface area contributed by atoms with Crippen molar-refractivity contribution in [3.05, 3.63) is 77.4 Å². The lowest BCUT2D eigenvalue weighted by Gasteiger charge is -2.34. The van der Waals surface area contributed by atoms with Gasteiger partial charge in [-0.1, -0.05) is 36.4 Å². The van der Waals surface area contributed by atoms with E-state index in [1.54, 1.807) is 12.2 Å². The molecule has 0 radical (unpaired) electrons. The number of carboxylic acid groups (broad SMARTS) is 1. The molecule has 1 heterocycles. The van der Waals surface area contributed by atoms with Crippen molar-refractivity contribution in [3.8, 4) is 0 Å². The third-order valence-electron chi connectivity index (χ3n) is 4.77. The maximum Gasteiger partial charge on any atom is 0.328 e. The molecule has 1 fully saturated rings. The Kier molecular flexibility index (Phi) is 6.40. The fraction of sp³-hybridized carbons (Fsp3) is 0.217. The van der Waals surface area contributed by atoms with Crippen LogP contribution in [-0.4, -0.2) is 55.0 Å². The number of carbonyl (C=O) groups excluding carboxylic acids is 1. The van der Waals surface area contributed by atoms with Crippen LogP contribution in [0.5, 0.6) is 0 Å². The summed E-state index contributed by atoms with van der Waals surface area (Å²) in [5, 5.41) is 8.74. The smallest absolute Gasteiger partial charge is 0.328 e. The first-order chi connectivity index (χ1) is 13.5. The standard InChI is InChI=1S/C23H24N2O3/c1-24-13-15-25(16-14-24)21-8-3-2-7-20(21)22(26)11-9-18-5-4-6-19(17-18)10-12-23(27)28/h2-12,17H,13-16H2,1H3,(H,27,28)/b11-9+,12-10+. The summed E-state index contributed by atoms with van der Waals surface area (Å²) < 4.78 is 0. The SMILES string of the molecule is CN1CCN(c2ccccc2C(=O)/C=C/c2cccc(/C=C/C(=O)O)c2)CC1. The number of carboxylic acids is 1. The van der Waals surface area contributed by atoms with Gasteiger partial charge in [-0.3, -0.25) is 4.79 Å². The van der Waals surface area contributed by atoms with E-state index in [4.69, 9.17) is 5.11 Å². The largest absolute Gasteiger partial charge is 0.478 e. The summed E-state index contributed by atoms with van der Waals surface area (Å²) in [6.45, 7) is 3.77. The second-order valence-electron chi connectivity index (χ2n) is 6.85. The number of carbonyl (C=O) groups is 2. The van der Waals surface area contributed by atoms with Crippen LogP contribution in [0.4, 0.5) is 5.69 Å². The minimum atomic E-state index is -0.989. The molecule has 2 aromatic carbocycles. The number of benzene rings is 2. The third-order valence-corrected chi connectivity index (χ3v) is 4.77. The molecule has 0 atom stereocenters. The van der Waals surface area contributed by atoms with Gasteiger partial charge in [-0.05, 0) is 48.5 Å². The van der Waals surface area contributed by atoms with Crippen molar-refractivity contribution in [2.75, 3.05) is 38.1 Å². The summed E-state index contributed by atoms with van der Waals surface area (Å²) in [5.74, 6) is -1.03. The number of anilines is 1. The summed E-state index contributed by atoms with van der Waals surface area (Å²) in [7, 11) is 2.11. The third kappa shape index (κ3) is 5.18. The molecule has 0 unspecified atom stereocenters. The number of hydrogen-bond donors (Lipinski definition) is 1. The van der Waals surface area contributed by atoms with Crippen LogP contribution in [0.15, 0.2) is 60.7 Å². The van der Waals surface area contributed by atoms with Crippen molar-refractivity contribution in [1.29, 1.82) is 0 Å². The monoisotopic (exact) mass is 376 g/mol. The molecule has 0 aromatic heterocycles. The molecule has 1 aliphatic heterocycles. The first-order valence-corrected chi connectivity index (χ1v) is 9.29. The van der Waals surface area contributed by atoms with Crippen LogP contribution in [-0.2, 0) is 4.79 Å². The summed E-state index contributed by atoms with van der Waals surface area (Å²) in [5.41, 5.74) is 3.29. The molecule has 1 N–H and O–H groups in total. The van der Waals surface area contributed by atoms with Gasteiger partial charge in [-0.15, -0.1) is 0 Å². The number of allylic oxidation sites excluding steroid dienone is 1. The number of rotatable bonds is 6. The quantitative estimate of drug-likeness (QED) is 0.618. The molecule has 0 spiro atoms. The topological polar surface area (TPSA) is 60.9 Å². The van der Waals surface area contributed by atoms with Crippen LogP contribution in [0.1, 0.15) is 21.5 Å². The van der Waals surface area contributed by atoms with Gasteiger partial charge in [0, 0.05) is 43.5 Å². The van der Waals surface area contributed by atoms with Gasteiger partial charge in [-0.25, -0.2) is 4.79 Å². The molecular formula is C23H24N2O3. The zero-order valence-corrected chi connectivity index (χ0v) is 15.9. The maximum absolute atomic E-state index is 12.8. The van der Waals surface area contributed by atoms with Gasteiger partial charge >= 0.3 is 5.97 Å². The molecule has 5 heteroatoms. The van der Waals surface area contributed by atoms with Gasteiger partial charge in [-0.2, -0.15) is 0 Å². The van der Waals surface area contributed by atoms with Crippen molar-refractivity contribution >= 4 is 29.6 Å². The first-order valence-electron chi connectivity index (χ1n) is 9.29. The molecular weight excluding hydrogens is 352 g/mol. The Morgan fingerprint density at radius 2 is 1.54 bits per heavy atom. The van der Waals surface area contributed by atoms with Crippen LogP contribution < -0.4 is 4.90 Å². The Hall–Kier alpha value is -3.18. The molecule has 1 saturated heterocycles. The molecule has 0 saturated carbocycles. The Morgan fingerprint density at radius 1 is 0.893 bits per heavy atom. The molecule has 0 amide bonds. The Balaban J connectivity index is 1.77. The maximum atomic E-state index is 12.8. The number of piperazine rings is 1. The summed E-state index contributed by atoms with van der Waals surface area (Å²) >= 11 is 0. The van der Waals surface area contributed by atoms with E-state index in [0.29, 0.717) is 5.56 Å². The predicted octanol–water partition coefficient (Wildman–Crippen LogP) is 3.43. The second kappa shape index (κ2) is 9.15. The lowest BCUT2D eigenvalue weighted by atomic mass is 10.0. The molecule has 28 heavy (non-hydrogen) atoms. The van der Waals surface area contributed by atoms with Crippen LogP contribution in [0.3, 0.4) is 0 Å². The van der Waals surface area contributed by atoms with Gasteiger partial charge in [0.25, 0.3) is 0 Å². The molecule has 1 aliphatic rings. The highest BCUT2D eigenvalue weighted by molar-refractivity contribution is 6.10. The van der Waals surface area contributed by atoms with E-state index in [-0.39, 0.29) is 5.78 Å². The van der Waals surface area contributed by atoms with Gasteiger partial charge in [0.1, 0.15) is 0 Å². The average molecular weight is 376 g/mol. The Morgan fingerprint density at radius 3 is 2.21 bits per heavy atom. The summed E-state index contributed by atoms with van der Waals surface area (Å²) in [6, 6.07) is 15.1. The number of aliphatic carboxylic acids is 1. The van der Waals surface area contributed by atoms with Crippen molar-refractivity contribution < 1.29 is 14.7 Å². The highest BCUT2D eigenvalue weighted by Gasteiger charge is 2.18. The van der Waals surface area contributed by atoms with E-state index in [1.807, 2.05) is 48.5 Å². The van der Waals surface area contributed by atoms with E-state index in [0.717, 1.165) is 49.1 Å². The zero-order valence-electron chi connectivity index (χ0n) is 15.9. The highest BCUT2D eigenvalue weighted by Crippen LogP contribution is 2.23. The number of ketones is 1.